The first kappa shape index (κ1) is 20.2. The summed E-state index contributed by atoms with van der Waals surface area (Å²) < 4.78 is 41.5. The Bertz CT molecular complexity index is 1130. The molecule has 160 valence electrons. The highest BCUT2D eigenvalue weighted by Crippen LogP contribution is 2.39. The van der Waals surface area contributed by atoms with E-state index < -0.39 is 39.9 Å². The van der Waals surface area contributed by atoms with Gasteiger partial charge in [0.2, 0.25) is 5.91 Å². The molecule has 1 aliphatic heterocycles. The second-order valence-corrected chi connectivity index (χ2v) is 9.06. The quantitative estimate of drug-likeness (QED) is 0.516. The van der Waals surface area contributed by atoms with Gasteiger partial charge in [-0.05, 0) is 35.9 Å². The van der Waals surface area contributed by atoms with E-state index in [1.807, 2.05) is 0 Å². The van der Waals surface area contributed by atoms with Crippen LogP contribution in [-0.2, 0) is 19.8 Å². The fourth-order valence-electron chi connectivity index (χ4n) is 3.39. The number of carbonyl (C=O) groups excluding carboxylic acids is 2. The number of nitrogens with zero attached hydrogens (tertiary/aromatic N) is 1. The van der Waals surface area contributed by atoms with Gasteiger partial charge in [-0.3, -0.25) is 9.59 Å². The third-order valence-corrected chi connectivity index (χ3v) is 6.50. The van der Waals surface area contributed by atoms with Gasteiger partial charge in [0.15, 0.2) is 5.82 Å². The van der Waals surface area contributed by atoms with Gasteiger partial charge in [-0.2, -0.15) is 8.42 Å². The van der Waals surface area contributed by atoms with Crippen LogP contribution >= 0.6 is 0 Å². The zero-order valence-corrected chi connectivity index (χ0v) is 16.8. The largest absolute Gasteiger partial charge is 0.506 e. The summed E-state index contributed by atoms with van der Waals surface area (Å²) in [5, 5.41) is 16.3. The van der Waals surface area contributed by atoms with Crippen LogP contribution in [0.1, 0.15) is 19.3 Å². The van der Waals surface area contributed by atoms with Crippen molar-refractivity contribution in [2.24, 2.45) is 5.92 Å². The summed E-state index contributed by atoms with van der Waals surface area (Å²) in [6.45, 7) is -0.00379. The lowest BCUT2D eigenvalue weighted by Crippen LogP contribution is -2.30. The molecule has 4 rings (SSSR count). The lowest BCUT2D eigenvalue weighted by Gasteiger charge is -2.18. The van der Waals surface area contributed by atoms with Crippen LogP contribution in [0.3, 0.4) is 0 Å². The number of rotatable bonds is 7. The minimum atomic E-state index is -4.28. The molecule has 2 amide bonds. The van der Waals surface area contributed by atoms with Gasteiger partial charge in [-0.1, -0.05) is 18.9 Å². The molecule has 9 nitrogen and oxygen atoms in total. The van der Waals surface area contributed by atoms with Gasteiger partial charge < -0.3 is 15.7 Å². The molecular formula is C19H21FN4O5S. The summed E-state index contributed by atoms with van der Waals surface area (Å²) in [5.41, 5.74) is -0.148. The Kier molecular flexibility index (Phi) is 5.14. The third-order valence-electron chi connectivity index (χ3n) is 5.13. The molecule has 0 radical (unpaired) electrons. The molecule has 1 saturated carbocycles. The highest BCUT2D eigenvalue weighted by Gasteiger charge is 2.37. The van der Waals surface area contributed by atoms with Crippen LogP contribution in [0.25, 0.3) is 10.8 Å². The molecule has 11 heteroatoms. The molecule has 0 aromatic heterocycles. The van der Waals surface area contributed by atoms with Crippen LogP contribution in [0.4, 0.5) is 15.8 Å². The molecule has 0 spiro atoms. The topological polar surface area (TPSA) is 128 Å². The number of benzene rings is 2. The molecule has 0 bridgehead atoms. The molecule has 4 N–H and O–H groups in total. The Labute approximate surface area is 172 Å². The third kappa shape index (κ3) is 4.11. The van der Waals surface area contributed by atoms with Crippen LogP contribution in [0, 0.1) is 11.7 Å². The van der Waals surface area contributed by atoms with Crippen LogP contribution in [0.15, 0.2) is 24.3 Å². The normalized spacial score (nSPS) is 17.8. The molecule has 2 fully saturated rings. The number of amides is 2. The monoisotopic (exact) mass is 436 g/mol. The smallest absolute Gasteiger partial charge is 0.326 e. The summed E-state index contributed by atoms with van der Waals surface area (Å²) in [7, 11) is -4.28. The average molecular weight is 436 g/mol. The van der Waals surface area contributed by atoms with E-state index in [4.69, 9.17) is 0 Å². The molecule has 2 aromatic rings. The predicted molar refractivity (Wildman–Crippen MR) is 109 cm³/mol. The van der Waals surface area contributed by atoms with E-state index in [-0.39, 0.29) is 17.8 Å². The van der Waals surface area contributed by atoms with Gasteiger partial charge >= 0.3 is 10.2 Å². The van der Waals surface area contributed by atoms with Crippen LogP contribution in [-0.4, -0.2) is 45.0 Å². The fraction of sp³-hybridized carbons (Fsp3) is 0.368. The minimum Gasteiger partial charge on any atom is -0.506 e. The Morgan fingerprint density at radius 1 is 1.30 bits per heavy atom. The Balaban J connectivity index is 1.54. The molecule has 30 heavy (non-hydrogen) atoms. The van der Waals surface area contributed by atoms with E-state index in [1.54, 1.807) is 10.8 Å². The number of fused-ring (bicyclic) bond motifs is 1. The molecule has 0 atom stereocenters. The van der Waals surface area contributed by atoms with Crippen molar-refractivity contribution in [1.82, 2.24) is 10.0 Å². The van der Waals surface area contributed by atoms with Crippen molar-refractivity contribution in [2.45, 2.75) is 19.3 Å². The van der Waals surface area contributed by atoms with Crippen molar-refractivity contribution in [2.75, 3.05) is 29.3 Å². The lowest BCUT2D eigenvalue weighted by atomic mass is 10.1. The average Bonchev–Trinajstić information content (AvgIpc) is 3.45. The van der Waals surface area contributed by atoms with E-state index in [9.17, 15) is 23.1 Å². The first-order valence-electron chi connectivity index (χ1n) is 9.54. The number of anilines is 2. The van der Waals surface area contributed by atoms with Gasteiger partial charge in [-0.25, -0.2) is 13.4 Å². The van der Waals surface area contributed by atoms with Gasteiger partial charge in [0.05, 0.1) is 6.54 Å². The van der Waals surface area contributed by atoms with Crippen molar-refractivity contribution in [1.29, 1.82) is 0 Å². The van der Waals surface area contributed by atoms with Crippen LogP contribution in [0.5, 0.6) is 5.75 Å². The summed E-state index contributed by atoms with van der Waals surface area (Å²) in [4.78, 5) is 23.4. The van der Waals surface area contributed by atoms with E-state index in [1.165, 1.54) is 31.0 Å². The zero-order valence-electron chi connectivity index (χ0n) is 15.9. The second kappa shape index (κ2) is 7.63. The van der Waals surface area contributed by atoms with Crippen molar-refractivity contribution < 1.29 is 27.5 Å². The number of hydrogen-bond donors (Lipinski definition) is 4. The first-order valence-corrected chi connectivity index (χ1v) is 11.0. The molecule has 2 aromatic carbocycles. The Morgan fingerprint density at radius 2 is 2.07 bits per heavy atom. The van der Waals surface area contributed by atoms with Crippen LogP contribution < -0.4 is 19.7 Å². The first-order chi connectivity index (χ1) is 14.2. The number of phenolic OH excluding ortho intramolecular Hbond substituents is 1. The SMILES string of the molecule is O=C(CNc1ccc2cc(O)c(N3CC(=O)NS3(=O)=O)c(F)c2c1)NCCC1CC1. The second-order valence-electron chi connectivity index (χ2n) is 7.47. The standard InChI is InChI=1S/C19H21FN4O5S/c20-18-14-8-13(22-9-16(26)21-6-5-11-1-2-11)4-3-12(14)7-15(25)19(18)24-10-17(27)23-30(24,28)29/h3-4,7-8,11,22,25H,1-2,5-6,9-10H2,(H,21,26)(H,23,27). The van der Waals surface area contributed by atoms with Crippen LogP contribution in [0.2, 0.25) is 0 Å². The van der Waals surface area contributed by atoms with E-state index in [0.29, 0.717) is 21.9 Å². The van der Waals surface area contributed by atoms with E-state index in [0.717, 1.165) is 12.3 Å². The maximum atomic E-state index is 15.2. The van der Waals surface area contributed by atoms with E-state index >= 15 is 4.39 Å². The van der Waals surface area contributed by atoms with Crippen molar-refractivity contribution >= 4 is 44.2 Å². The number of halogens is 1. The van der Waals surface area contributed by atoms with Gasteiger partial charge in [0, 0.05) is 17.6 Å². The van der Waals surface area contributed by atoms with Crippen molar-refractivity contribution in [3.05, 3.63) is 30.1 Å². The number of hydrogen-bond acceptors (Lipinski definition) is 6. The number of aromatic hydroxyl groups is 1. The number of phenols is 1. The molecular weight excluding hydrogens is 415 g/mol. The Hall–Kier alpha value is -3.08. The highest BCUT2D eigenvalue weighted by atomic mass is 32.2. The maximum Gasteiger partial charge on any atom is 0.326 e. The van der Waals surface area contributed by atoms with Crippen molar-refractivity contribution in [3.63, 3.8) is 0 Å². The van der Waals surface area contributed by atoms with Gasteiger partial charge in [0.1, 0.15) is 18.0 Å². The number of nitrogens with one attached hydrogen (secondary N) is 3. The molecule has 1 heterocycles. The fourth-order valence-corrected chi connectivity index (χ4v) is 4.55. The zero-order chi connectivity index (χ0) is 21.5. The summed E-state index contributed by atoms with van der Waals surface area (Å²) >= 11 is 0. The summed E-state index contributed by atoms with van der Waals surface area (Å²) in [6.07, 6.45) is 3.41. The Morgan fingerprint density at radius 3 is 2.73 bits per heavy atom. The van der Waals surface area contributed by atoms with E-state index in [2.05, 4.69) is 10.6 Å². The summed E-state index contributed by atoms with van der Waals surface area (Å²) in [5.74, 6) is -1.87. The molecule has 0 unspecified atom stereocenters. The molecule has 1 saturated heterocycles. The van der Waals surface area contributed by atoms with Gasteiger partial charge in [0.25, 0.3) is 5.91 Å². The lowest BCUT2D eigenvalue weighted by molar-refractivity contribution is -0.119. The number of carbonyl (C=O) groups is 2. The van der Waals surface area contributed by atoms with Crippen molar-refractivity contribution in [3.8, 4) is 5.75 Å². The minimum absolute atomic E-state index is 0.00165. The van der Waals surface area contributed by atoms with Gasteiger partial charge in [-0.15, -0.1) is 0 Å². The molecule has 1 aliphatic carbocycles. The highest BCUT2D eigenvalue weighted by molar-refractivity contribution is 7.92. The predicted octanol–water partition coefficient (Wildman–Crippen LogP) is 1.19. The summed E-state index contributed by atoms with van der Waals surface area (Å²) in [6, 6.07) is 5.80. The maximum absolute atomic E-state index is 15.2. The molecule has 2 aliphatic rings.